The molecule has 1 aliphatic rings. The van der Waals surface area contributed by atoms with E-state index in [-0.39, 0.29) is 4.90 Å². The summed E-state index contributed by atoms with van der Waals surface area (Å²) in [4.78, 5) is 8.55. The molecule has 1 fully saturated rings. The van der Waals surface area contributed by atoms with E-state index in [1.54, 1.807) is 12.3 Å². The lowest BCUT2D eigenvalue weighted by Gasteiger charge is -2.37. The van der Waals surface area contributed by atoms with Crippen LogP contribution in [0.25, 0.3) is 0 Å². The second-order valence-electron chi connectivity index (χ2n) is 5.18. The van der Waals surface area contributed by atoms with Crippen LogP contribution in [0.2, 0.25) is 0 Å². The number of primary sulfonamides is 1. The van der Waals surface area contributed by atoms with Gasteiger partial charge in [-0.2, -0.15) is 0 Å². The van der Waals surface area contributed by atoms with Gasteiger partial charge >= 0.3 is 0 Å². The number of nitrogens with two attached hydrogens (primary N) is 1. The molecule has 2 N–H and O–H groups in total. The Labute approximate surface area is 130 Å². The van der Waals surface area contributed by atoms with Crippen LogP contribution in [0.1, 0.15) is 0 Å². The fourth-order valence-electron chi connectivity index (χ4n) is 2.66. The molecule has 22 heavy (non-hydrogen) atoms. The highest BCUT2D eigenvalue weighted by atomic mass is 32.2. The zero-order valence-corrected chi connectivity index (χ0v) is 12.9. The maximum Gasteiger partial charge on any atom is 0.241 e. The highest BCUT2D eigenvalue weighted by Crippen LogP contribution is 2.24. The van der Waals surface area contributed by atoms with E-state index < -0.39 is 10.0 Å². The molecular weight excluding hydrogens is 300 g/mol. The Bertz CT molecular complexity index is 741. The molecule has 1 aromatic carbocycles. The second kappa shape index (κ2) is 5.94. The normalized spacial score (nSPS) is 15.9. The smallest absolute Gasteiger partial charge is 0.241 e. The van der Waals surface area contributed by atoms with Gasteiger partial charge in [0, 0.05) is 38.1 Å². The molecule has 2 aromatic rings. The lowest BCUT2D eigenvalue weighted by Crippen LogP contribution is -2.47. The van der Waals surface area contributed by atoms with E-state index in [2.05, 4.69) is 22.0 Å². The number of pyridine rings is 1. The molecule has 0 aliphatic carbocycles. The predicted octanol–water partition coefficient (Wildman–Crippen LogP) is 1.06. The number of hydrogen-bond donors (Lipinski definition) is 1. The van der Waals surface area contributed by atoms with Crippen LogP contribution >= 0.6 is 0 Å². The minimum Gasteiger partial charge on any atom is -0.368 e. The number of para-hydroxylation sites is 1. The van der Waals surface area contributed by atoms with Gasteiger partial charge in [0.15, 0.2) is 0 Å². The van der Waals surface area contributed by atoms with Gasteiger partial charge in [-0.25, -0.2) is 18.5 Å². The van der Waals surface area contributed by atoms with Crippen LogP contribution in [0.4, 0.5) is 11.5 Å². The molecule has 6 nitrogen and oxygen atoms in total. The van der Waals surface area contributed by atoms with Gasteiger partial charge in [0.1, 0.15) is 10.7 Å². The van der Waals surface area contributed by atoms with Gasteiger partial charge in [-0.05, 0) is 24.3 Å². The lowest BCUT2D eigenvalue weighted by atomic mass is 10.2. The van der Waals surface area contributed by atoms with Crippen LogP contribution in [0, 0.1) is 0 Å². The molecule has 1 aliphatic heterocycles. The number of anilines is 2. The van der Waals surface area contributed by atoms with Gasteiger partial charge in [-0.1, -0.05) is 18.2 Å². The first-order chi connectivity index (χ1) is 10.6. The van der Waals surface area contributed by atoms with Crippen molar-refractivity contribution in [3.05, 3.63) is 48.7 Å². The Morgan fingerprint density at radius 3 is 2.18 bits per heavy atom. The zero-order chi connectivity index (χ0) is 15.6. The van der Waals surface area contributed by atoms with Crippen LogP contribution < -0.4 is 14.9 Å². The zero-order valence-electron chi connectivity index (χ0n) is 12.1. The Hall–Kier alpha value is -2.12. The maximum atomic E-state index is 11.7. The molecule has 1 aromatic heterocycles. The number of benzene rings is 1. The summed E-state index contributed by atoms with van der Waals surface area (Å²) in [6, 6.07) is 13.3. The van der Waals surface area contributed by atoms with Gasteiger partial charge in [-0.3, -0.25) is 0 Å². The number of aromatic nitrogens is 1. The van der Waals surface area contributed by atoms with Crippen molar-refractivity contribution in [3.8, 4) is 0 Å². The predicted molar refractivity (Wildman–Crippen MR) is 86.5 cm³/mol. The summed E-state index contributed by atoms with van der Waals surface area (Å²) < 4.78 is 23.4. The first kappa shape index (κ1) is 14.8. The van der Waals surface area contributed by atoms with Crippen molar-refractivity contribution in [1.29, 1.82) is 0 Å². The minimum absolute atomic E-state index is 0.0863. The molecule has 0 radical (unpaired) electrons. The molecule has 0 unspecified atom stereocenters. The van der Waals surface area contributed by atoms with Crippen LogP contribution in [-0.4, -0.2) is 39.6 Å². The first-order valence-electron chi connectivity index (χ1n) is 7.08. The van der Waals surface area contributed by atoms with E-state index in [0.717, 1.165) is 13.1 Å². The topological polar surface area (TPSA) is 79.5 Å². The summed E-state index contributed by atoms with van der Waals surface area (Å²) in [5.41, 5.74) is 1.18. The molecule has 116 valence electrons. The molecule has 7 heteroatoms. The largest absolute Gasteiger partial charge is 0.368 e. The summed E-state index contributed by atoms with van der Waals surface area (Å²) >= 11 is 0. The molecule has 0 spiro atoms. The van der Waals surface area contributed by atoms with Crippen LogP contribution in [-0.2, 0) is 10.0 Å². The van der Waals surface area contributed by atoms with Crippen molar-refractivity contribution in [1.82, 2.24) is 4.98 Å². The third-order valence-electron chi connectivity index (χ3n) is 3.76. The number of hydrogen-bond acceptors (Lipinski definition) is 5. The van der Waals surface area contributed by atoms with Crippen molar-refractivity contribution in [3.63, 3.8) is 0 Å². The second-order valence-corrected chi connectivity index (χ2v) is 6.71. The molecule has 3 rings (SSSR count). The number of rotatable bonds is 3. The third kappa shape index (κ3) is 3.05. The van der Waals surface area contributed by atoms with Crippen molar-refractivity contribution in [2.24, 2.45) is 5.14 Å². The highest BCUT2D eigenvalue weighted by Gasteiger charge is 2.23. The molecule has 0 atom stereocenters. The Morgan fingerprint density at radius 2 is 1.55 bits per heavy atom. The van der Waals surface area contributed by atoms with E-state index in [4.69, 9.17) is 5.14 Å². The average molecular weight is 318 g/mol. The summed E-state index contributed by atoms with van der Waals surface area (Å²) in [5.74, 6) is 0.442. The van der Waals surface area contributed by atoms with E-state index in [0.29, 0.717) is 18.9 Å². The molecular formula is C15H18N4O2S. The average Bonchev–Trinajstić information content (AvgIpc) is 2.55. The number of nitrogens with zero attached hydrogens (tertiary/aromatic N) is 3. The van der Waals surface area contributed by atoms with E-state index in [9.17, 15) is 8.42 Å². The summed E-state index contributed by atoms with van der Waals surface area (Å²) in [6.07, 6.45) is 1.59. The number of piperazine rings is 1. The Kier molecular flexibility index (Phi) is 4.00. The fraction of sp³-hybridized carbons (Fsp3) is 0.267. The highest BCUT2D eigenvalue weighted by molar-refractivity contribution is 7.89. The van der Waals surface area contributed by atoms with Crippen LogP contribution in [0.15, 0.2) is 53.6 Å². The minimum atomic E-state index is -3.77. The van der Waals surface area contributed by atoms with Crippen molar-refractivity contribution in [2.75, 3.05) is 36.0 Å². The Morgan fingerprint density at radius 1 is 0.909 bits per heavy atom. The van der Waals surface area contributed by atoms with Crippen molar-refractivity contribution >= 4 is 21.5 Å². The van der Waals surface area contributed by atoms with Crippen molar-refractivity contribution in [2.45, 2.75) is 4.90 Å². The van der Waals surface area contributed by atoms with Crippen LogP contribution in [0.5, 0.6) is 0 Å². The third-order valence-corrected chi connectivity index (χ3v) is 4.69. The molecule has 1 saturated heterocycles. The SMILES string of the molecule is NS(=O)(=O)c1cccnc1N1CCN(c2ccccc2)CC1. The van der Waals surface area contributed by atoms with Gasteiger partial charge in [0.2, 0.25) is 10.0 Å². The van der Waals surface area contributed by atoms with Gasteiger partial charge < -0.3 is 9.80 Å². The molecule has 2 heterocycles. The fourth-order valence-corrected chi connectivity index (χ4v) is 3.36. The van der Waals surface area contributed by atoms with Gasteiger partial charge in [0.05, 0.1) is 0 Å². The maximum absolute atomic E-state index is 11.7. The standard InChI is InChI=1S/C15H18N4O2S/c16-22(20,21)14-7-4-8-17-15(14)19-11-9-18(10-12-19)13-5-2-1-3-6-13/h1-8H,9-12H2,(H2,16,20,21). The number of sulfonamides is 1. The Balaban J connectivity index is 1.78. The summed E-state index contributed by atoms with van der Waals surface area (Å²) in [5, 5.41) is 5.28. The summed E-state index contributed by atoms with van der Waals surface area (Å²) in [6.45, 7) is 3.03. The van der Waals surface area contributed by atoms with Crippen LogP contribution in [0.3, 0.4) is 0 Å². The lowest BCUT2D eigenvalue weighted by molar-refractivity contribution is 0.594. The molecule has 0 amide bonds. The molecule has 0 saturated carbocycles. The van der Waals surface area contributed by atoms with Gasteiger partial charge in [0.25, 0.3) is 0 Å². The summed E-state index contributed by atoms with van der Waals surface area (Å²) in [7, 11) is -3.77. The van der Waals surface area contributed by atoms with Gasteiger partial charge in [-0.15, -0.1) is 0 Å². The quantitative estimate of drug-likeness (QED) is 0.915. The first-order valence-corrected chi connectivity index (χ1v) is 8.63. The van der Waals surface area contributed by atoms with E-state index in [1.807, 2.05) is 23.1 Å². The molecule has 0 bridgehead atoms. The monoisotopic (exact) mass is 318 g/mol. The van der Waals surface area contributed by atoms with E-state index >= 15 is 0 Å². The van der Waals surface area contributed by atoms with Crippen molar-refractivity contribution < 1.29 is 8.42 Å². The van der Waals surface area contributed by atoms with E-state index in [1.165, 1.54) is 11.8 Å².